The smallest absolute Gasteiger partial charge is 0.193 e. The Morgan fingerprint density at radius 3 is 2.54 bits per heavy atom. The molecule has 0 aromatic carbocycles. The van der Waals surface area contributed by atoms with Gasteiger partial charge in [-0.25, -0.2) is 0 Å². The maximum absolute atomic E-state index is 5.45. The highest BCUT2D eigenvalue weighted by Crippen LogP contribution is 2.18. The molecule has 2 heterocycles. The second-order valence-electron chi connectivity index (χ2n) is 6.96. The van der Waals surface area contributed by atoms with Crippen molar-refractivity contribution in [3.05, 3.63) is 0 Å². The number of aliphatic imine (C=N–C) groups is 1. The van der Waals surface area contributed by atoms with Crippen LogP contribution in [0.1, 0.15) is 33.1 Å². The molecule has 2 aliphatic heterocycles. The van der Waals surface area contributed by atoms with E-state index in [1.54, 1.807) is 0 Å². The third-order valence-electron chi connectivity index (χ3n) is 5.08. The molecule has 140 valence electrons. The Bertz CT molecular complexity index is 366. The number of ether oxygens (including phenoxy) is 2. The molecule has 0 spiro atoms. The van der Waals surface area contributed by atoms with E-state index in [-0.39, 0.29) is 0 Å². The molecule has 2 aliphatic rings. The predicted octanol–water partition coefficient (Wildman–Crippen LogP) is 1.42. The first kappa shape index (κ1) is 19.5. The zero-order valence-corrected chi connectivity index (χ0v) is 15.8. The molecule has 0 amide bonds. The zero-order chi connectivity index (χ0) is 17.2. The van der Waals surface area contributed by atoms with Gasteiger partial charge in [-0.1, -0.05) is 0 Å². The van der Waals surface area contributed by atoms with E-state index < -0.39 is 0 Å². The quantitative estimate of drug-likeness (QED) is 0.561. The number of hydrogen-bond acceptors (Lipinski definition) is 4. The second kappa shape index (κ2) is 10.9. The summed E-state index contributed by atoms with van der Waals surface area (Å²) in [6.45, 7) is 12.8. The van der Waals surface area contributed by atoms with Crippen molar-refractivity contribution in [3.8, 4) is 0 Å². The first-order valence-electron chi connectivity index (χ1n) is 9.59. The van der Waals surface area contributed by atoms with Crippen molar-refractivity contribution in [2.24, 2.45) is 10.9 Å². The van der Waals surface area contributed by atoms with Gasteiger partial charge in [0.1, 0.15) is 0 Å². The van der Waals surface area contributed by atoms with Crippen molar-refractivity contribution >= 4 is 5.96 Å². The summed E-state index contributed by atoms with van der Waals surface area (Å²) in [4.78, 5) is 9.63. The maximum atomic E-state index is 5.45. The largest absolute Gasteiger partial charge is 0.381 e. The highest BCUT2D eigenvalue weighted by atomic mass is 16.5. The van der Waals surface area contributed by atoms with Crippen LogP contribution in [0, 0.1) is 5.92 Å². The van der Waals surface area contributed by atoms with Crippen LogP contribution in [0.5, 0.6) is 0 Å². The van der Waals surface area contributed by atoms with Crippen molar-refractivity contribution in [2.75, 3.05) is 66.2 Å². The van der Waals surface area contributed by atoms with Gasteiger partial charge in [-0.3, -0.25) is 9.89 Å². The summed E-state index contributed by atoms with van der Waals surface area (Å²) in [5.74, 6) is 1.83. The lowest BCUT2D eigenvalue weighted by atomic mass is 9.96. The number of morpholine rings is 1. The Balaban J connectivity index is 1.79. The highest BCUT2D eigenvalue weighted by Gasteiger charge is 2.18. The van der Waals surface area contributed by atoms with Gasteiger partial charge in [0.2, 0.25) is 0 Å². The van der Waals surface area contributed by atoms with Crippen LogP contribution in [0.15, 0.2) is 4.99 Å². The van der Waals surface area contributed by atoms with Gasteiger partial charge >= 0.3 is 0 Å². The van der Waals surface area contributed by atoms with Crippen LogP contribution >= 0.6 is 0 Å². The molecule has 1 unspecified atom stereocenters. The van der Waals surface area contributed by atoms with E-state index in [1.807, 2.05) is 0 Å². The summed E-state index contributed by atoms with van der Waals surface area (Å²) in [5, 5.41) is 3.44. The average molecular weight is 341 g/mol. The molecular formula is C18H36N4O2. The normalized spacial score (nSPS) is 22.4. The second-order valence-corrected chi connectivity index (χ2v) is 6.96. The minimum Gasteiger partial charge on any atom is -0.381 e. The Morgan fingerprint density at radius 1 is 1.21 bits per heavy atom. The maximum Gasteiger partial charge on any atom is 0.193 e. The minimum absolute atomic E-state index is 0.464. The van der Waals surface area contributed by atoms with Gasteiger partial charge < -0.3 is 19.7 Å². The minimum atomic E-state index is 0.464. The van der Waals surface area contributed by atoms with Crippen LogP contribution in [0.25, 0.3) is 0 Å². The molecule has 24 heavy (non-hydrogen) atoms. The van der Waals surface area contributed by atoms with Crippen molar-refractivity contribution in [2.45, 2.75) is 39.2 Å². The van der Waals surface area contributed by atoms with E-state index in [2.05, 4.69) is 36.0 Å². The van der Waals surface area contributed by atoms with Gasteiger partial charge in [-0.15, -0.1) is 0 Å². The summed E-state index contributed by atoms with van der Waals surface area (Å²) in [6, 6.07) is 0.464. The van der Waals surface area contributed by atoms with E-state index in [1.165, 1.54) is 19.3 Å². The lowest BCUT2D eigenvalue weighted by molar-refractivity contribution is 0.0220. The van der Waals surface area contributed by atoms with E-state index in [9.17, 15) is 0 Å². The fraction of sp³-hybridized carbons (Fsp3) is 0.944. The number of nitrogens with one attached hydrogen (secondary N) is 1. The van der Waals surface area contributed by atoms with Gasteiger partial charge in [-0.05, 0) is 39.0 Å². The van der Waals surface area contributed by atoms with Crippen LogP contribution in [0.2, 0.25) is 0 Å². The van der Waals surface area contributed by atoms with E-state index in [4.69, 9.17) is 14.5 Å². The monoisotopic (exact) mass is 340 g/mol. The molecular weight excluding hydrogens is 304 g/mol. The van der Waals surface area contributed by atoms with Gasteiger partial charge in [0, 0.05) is 52.5 Å². The molecule has 0 saturated carbocycles. The third-order valence-corrected chi connectivity index (χ3v) is 5.08. The van der Waals surface area contributed by atoms with Gasteiger partial charge in [0.05, 0.1) is 19.8 Å². The number of nitrogens with zero attached hydrogens (tertiary/aromatic N) is 3. The Hall–Kier alpha value is -0.850. The van der Waals surface area contributed by atoms with E-state index in [0.717, 1.165) is 71.0 Å². The molecule has 0 radical (unpaired) electrons. The standard InChI is InChI=1S/C18H36N4O2/c1-4-19-18(20-15-16(2)22-9-13-24-14-10-22)21(3)8-5-17-6-11-23-12-7-17/h16-17H,4-15H2,1-3H3,(H,19,20). The SMILES string of the molecule is CCNC(=NCC(C)N1CCOCC1)N(C)CCC1CCOCC1. The first-order chi connectivity index (χ1) is 11.7. The summed E-state index contributed by atoms with van der Waals surface area (Å²) < 4.78 is 10.9. The Kier molecular flexibility index (Phi) is 8.84. The third kappa shape index (κ3) is 6.57. The van der Waals surface area contributed by atoms with Crippen molar-refractivity contribution in [3.63, 3.8) is 0 Å². The zero-order valence-electron chi connectivity index (χ0n) is 15.8. The van der Waals surface area contributed by atoms with E-state index in [0.29, 0.717) is 6.04 Å². The summed E-state index contributed by atoms with van der Waals surface area (Å²) in [5.41, 5.74) is 0. The van der Waals surface area contributed by atoms with Crippen LogP contribution in [-0.2, 0) is 9.47 Å². The summed E-state index contributed by atoms with van der Waals surface area (Å²) >= 11 is 0. The number of hydrogen-bond donors (Lipinski definition) is 1. The molecule has 2 saturated heterocycles. The van der Waals surface area contributed by atoms with Crippen LogP contribution in [0.4, 0.5) is 0 Å². The molecule has 0 bridgehead atoms. The predicted molar refractivity (Wildman–Crippen MR) is 98.6 cm³/mol. The van der Waals surface area contributed by atoms with Crippen LogP contribution in [-0.4, -0.2) is 88.0 Å². The molecule has 2 fully saturated rings. The van der Waals surface area contributed by atoms with Crippen molar-refractivity contribution in [1.82, 2.24) is 15.1 Å². The Labute approximate surface area is 147 Å². The molecule has 6 heteroatoms. The average Bonchev–Trinajstić information content (AvgIpc) is 2.64. The Morgan fingerprint density at radius 2 is 1.88 bits per heavy atom. The summed E-state index contributed by atoms with van der Waals surface area (Å²) in [7, 11) is 2.15. The molecule has 0 aromatic heterocycles. The molecule has 1 atom stereocenters. The molecule has 2 rings (SSSR count). The van der Waals surface area contributed by atoms with Gasteiger partial charge in [0.15, 0.2) is 5.96 Å². The lowest BCUT2D eigenvalue weighted by Gasteiger charge is -2.32. The van der Waals surface area contributed by atoms with Crippen LogP contribution in [0.3, 0.4) is 0 Å². The first-order valence-corrected chi connectivity index (χ1v) is 9.59. The fourth-order valence-corrected chi connectivity index (χ4v) is 3.34. The lowest BCUT2D eigenvalue weighted by Crippen LogP contribution is -2.45. The summed E-state index contributed by atoms with van der Waals surface area (Å²) in [6.07, 6.45) is 3.63. The molecule has 6 nitrogen and oxygen atoms in total. The highest BCUT2D eigenvalue weighted by molar-refractivity contribution is 5.79. The van der Waals surface area contributed by atoms with Crippen molar-refractivity contribution < 1.29 is 9.47 Å². The molecule has 1 N–H and O–H groups in total. The topological polar surface area (TPSA) is 49.3 Å². The van der Waals surface area contributed by atoms with E-state index >= 15 is 0 Å². The van der Waals surface area contributed by atoms with Gasteiger partial charge in [-0.2, -0.15) is 0 Å². The molecule has 0 aromatic rings. The number of rotatable bonds is 7. The fourth-order valence-electron chi connectivity index (χ4n) is 3.34. The van der Waals surface area contributed by atoms with Gasteiger partial charge in [0.25, 0.3) is 0 Å². The van der Waals surface area contributed by atoms with Crippen LogP contribution < -0.4 is 5.32 Å². The number of guanidine groups is 1. The molecule has 0 aliphatic carbocycles. The van der Waals surface area contributed by atoms with Crippen molar-refractivity contribution in [1.29, 1.82) is 0 Å².